The highest BCUT2D eigenvalue weighted by Crippen LogP contribution is 2.33. The molecule has 0 saturated carbocycles. The van der Waals surface area contributed by atoms with Crippen molar-refractivity contribution in [1.82, 2.24) is 0 Å². The lowest BCUT2D eigenvalue weighted by Gasteiger charge is -2.17. The van der Waals surface area contributed by atoms with Crippen molar-refractivity contribution in [2.75, 3.05) is 19.0 Å². The van der Waals surface area contributed by atoms with Crippen molar-refractivity contribution >= 4 is 17.0 Å². The topological polar surface area (TPSA) is 30.5 Å². The van der Waals surface area contributed by atoms with Crippen molar-refractivity contribution in [2.24, 2.45) is 0 Å². The third-order valence-electron chi connectivity index (χ3n) is 3.39. The van der Waals surface area contributed by atoms with E-state index in [1.807, 2.05) is 36.5 Å². The quantitative estimate of drug-likeness (QED) is 0.819. The third kappa shape index (κ3) is 3.70. The smallest absolute Gasteiger partial charge is 0.163 e. The van der Waals surface area contributed by atoms with E-state index in [9.17, 15) is 0 Å². The number of rotatable bonds is 6. The molecule has 1 aromatic carbocycles. The Balaban J connectivity index is 2.19. The molecule has 4 heteroatoms. The lowest BCUT2D eigenvalue weighted by Crippen LogP contribution is -2.07. The second-order valence-corrected chi connectivity index (χ2v) is 6.49. The van der Waals surface area contributed by atoms with Gasteiger partial charge in [-0.25, -0.2) is 0 Å². The van der Waals surface area contributed by atoms with E-state index < -0.39 is 0 Å². The maximum Gasteiger partial charge on any atom is 0.163 e. The Labute approximate surface area is 130 Å². The van der Waals surface area contributed by atoms with Crippen molar-refractivity contribution in [1.29, 1.82) is 0 Å². The summed E-state index contributed by atoms with van der Waals surface area (Å²) in [7, 11) is 1.66. The van der Waals surface area contributed by atoms with Crippen LogP contribution in [0, 0.1) is 13.8 Å². The van der Waals surface area contributed by atoms with Crippen LogP contribution in [0.5, 0.6) is 11.5 Å². The van der Waals surface area contributed by atoms with Gasteiger partial charge in [0.1, 0.15) is 0 Å². The van der Waals surface area contributed by atoms with E-state index in [4.69, 9.17) is 9.47 Å². The van der Waals surface area contributed by atoms with Crippen molar-refractivity contribution in [3.63, 3.8) is 0 Å². The summed E-state index contributed by atoms with van der Waals surface area (Å²) in [4.78, 5) is 2.71. The van der Waals surface area contributed by atoms with Crippen LogP contribution >= 0.6 is 11.3 Å². The summed E-state index contributed by atoms with van der Waals surface area (Å²) in [6.07, 6.45) is 0. The zero-order chi connectivity index (χ0) is 15.4. The first kappa shape index (κ1) is 15.7. The summed E-state index contributed by atoms with van der Waals surface area (Å²) < 4.78 is 10.9. The second kappa shape index (κ2) is 6.85. The predicted octanol–water partition coefficient (Wildman–Crippen LogP) is 4.95. The van der Waals surface area contributed by atoms with Crippen LogP contribution in [0.1, 0.15) is 35.2 Å². The fourth-order valence-electron chi connectivity index (χ4n) is 2.44. The molecule has 1 heterocycles. The van der Waals surface area contributed by atoms with Crippen LogP contribution < -0.4 is 14.8 Å². The van der Waals surface area contributed by atoms with E-state index in [2.05, 4.69) is 32.2 Å². The van der Waals surface area contributed by atoms with Gasteiger partial charge in [-0.05, 0) is 51.5 Å². The Morgan fingerprint density at radius 2 is 1.95 bits per heavy atom. The molecule has 2 aromatic rings. The summed E-state index contributed by atoms with van der Waals surface area (Å²) in [6.45, 7) is 9.09. The van der Waals surface area contributed by atoms with Gasteiger partial charge in [0.2, 0.25) is 0 Å². The molecule has 21 heavy (non-hydrogen) atoms. The van der Waals surface area contributed by atoms with Crippen LogP contribution in [-0.2, 0) is 0 Å². The van der Waals surface area contributed by atoms with Crippen LogP contribution in [0.25, 0.3) is 0 Å². The summed E-state index contributed by atoms with van der Waals surface area (Å²) >= 11 is 1.84. The first-order chi connectivity index (χ1) is 10.0. The monoisotopic (exact) mass is 305 g/mol. The van der Waals surface area contributed by atoms with Gasteiger partial charge in [0.25, 0.3) is 0 Å². The number of hydrogen-bond donors (Lipinski definition) is 1. The Hall–Kier alpha value is -1.68. The van der Waals surface area contributed by atoms with Gasteiger partial charge >= 0.3 is 0 Å². The predicted molar refractivity (Wildman–Crippen MR) is 90.0 cm³/mol. The minimum absolute atomic E-state index is 0.262. The van der Waals surface area contributed by atoms with Crippen LogP contribution in [0.15, 0.2) is 24.3 Å². The van der Waals surface area contributed by atoms with Crippen molar-refractivity contribution in [2.45, 2.75) is 33.7 Å². The van der Waals surface area contributed by atoms with Crippen LogP contribution in [0.4, 0.5) is 5.69 Å². The number of ether oxygens (including phenoxy) is 2. The fourth-order valence-corrected chi connectivity index (χ4v) is 3.47. The molecular weight excluding hydrogens is 282 g/mol. The van der Waals surface area contributed by atoms with Gasteiger partial charge in [0.15, 0.2) is 11.5 Å². The largest absolute Gasteiger partial charge is 0.493 e. The third-order valence-corrected chi connectivity index (χ3v) is 4.37. The summed E-state index contributed by atoms with van der Waals surface area (Å²) in [5.74, 6) is 1.54. The zero-order valence-electron chi connectivity index (χ0n) is 13.3. The minimum Gasteiger partial charge on any atom is -0.493 e. The van der Waals surface area contributed by atoms with Gasteiger partial charge < -0.3 is 14.8 Å². The second-order valence-electron chi connectivity index (χ2n) is 5.03. The lowest BCUT2D eigenvalue weighted by molar-refractivity contribution is 0.311. The number of nitrogens with one attached hydrogen (secondary N) is 1. The number of benzene rings is 1. The number of aryl methyl sites for hydroxylation is 2. The molecule has 1 unspecified atom stereocenters. The molecular formula is C17H23NO2S. The van der Waals surface area contributed by atoms with E-state index in [1.54, 1.807) is 7.11 Å². The number of methoxy groups -OCH3 is 1. The number of anilines is 1. The molecule has 2 rings (SSSR count). The highest BCUT2D eigenvalue weighted by molar-refractivity contribution is 7.12. The molecule has 0 bridgehead atoms. The molecule has 0 spiro atoms. The van der Waals surface area contributed by atoms with E-state index in [0.29, 0.717) is 6.61 Å². The van der Waals surface area contributed by atoms with E-state index in [1.165, 1.54) is 15.3 Å². The van der Waals surface area contributed by atoms with Crippen molar-refractivity contribution < 1.29 is 9.47 Å². The highest BCUT2D eigenvalue weighted by atomic mass is 32.1. The van der Waals surface area contributed by atoms with Gasteiger partial charge in [-0.3, -0.25) is 0 Å². The molecule has 3 nitrogen and oxygen atoms in total. The molecule has 0 aliphatic heterocycles. The average Bonchev–Trinajstić information content (AvgIpc) is 2.78. The molecule has 0 radical (unpaired) electrons. The standard InChI is InChI=1S/C17H23NO2S/c1-6-20-17-10-14(7-8-16(17)19-5)18-12(3)15-9-11(2)21-13(15)4/h7-10,12,18H,6H2,1-5H3. The summed E-state index contributed by atoms with van der Waals surface area (Å²) in [5, 5.41) is 3.53. The van der Waals surface area contributed by atoms with Gasteiger partial charge in [-0.1, -0.05) is 0 Å². The zero-order valence-corrected chi connectivity index (χ0v) is 14.1. The van der Waals surface area contributed by atoms with Crippen LogP contribution in [0.3, 0.4) is 0 Å². The number of hydrogen-bond acceptors (Lipinski definition) is 4. The Morgan fingerprint density at radius 3 is 2.52 bits per heavy atom. The first-order valence-electron chi connectivity index (χ1n) is 7.19. The Morgan fingerprint density at radius 1 is 1.19 bits per heavy atom. The molecule has 0 fully saturated rings. The van der Waals surface area contributed by atoms with Gasteiger partial charge in [0, 0.05) is 27.5 Å². The van der Waals surface area contributed by atoms with Gasteiger partial charge in [0.05, 0.1) is 13.7 Å². The van der Waals surface area contributed by atoms with Gasteiger partial charge in [-0.15, -0.1) is 11.3 Å². The van der Waals surface area contributed by atoms with Crippen molar-refractivity contribution in [3.05, 3.63) is 39.6 Å². The van der Waals surface area contributed by atoms with E-state index in [-0.39, 0.29) is 6.04 Å². The number of thiophene rings is 1. The maximum absolute atomic E-state index is 5.62. The molecule has 0 aliphatic rings. The molecule has 0 amide bonds. The van der Waals surface area contributed by atoms with Gasteiger partial charge in [-0.2, -0.15) is 0 Å². The lowest BCUT2D eigenvalue weighted by atomic mass is 10.1. The van der Waals surface area contributed by atoms with Crippen molar-refractivity contribution in [3.8, 4) is 11.5 Å². The molecule has 0 saturated heterocycles. The first-order valence-corrected chi connectivity index (χ1v) is 8.01. The molecule has 1 atom stereocenters. The molecule has 1 N–H and O–H groups in total. The average molecular weight is 305 g/mol. The maximum atomic E-state index is 5.62. The molecule has 114 valence electrons. The van der Waals surface area contributed by atoms with E-state index >= 15 is 0 Å². The summed E-state index contributed by atoms with van der Waals surface area (Å²) in [6, 6.07) is 8.47. The Bertz CT molecular complexity index is 607. The highest BCUT2D eigenvalue weighted by Gasteiger charge is 2.12. The molecule has 1 aromatic heterocycles. The molecule has 0 aliphatic carbocycles. The van der Waals surface area contributed by atoms with Crippen LogP contribution in [0.2, 0.25) is 0 Å². The minimum atomic E-state index is 0.262. The normalized spacial score (nSPS) is 12.0. The Kier molecular flexibility index (Phi) is 5.12. The van der Waals surface area contributed by atoms with Crippen LogP contribution in [-0.4, -0.2) is 13.7 Å². The fraction of sp³-hybridized carbons (Fsp3) is 0.412. The van der Waals surface area contributed by atoms with E-state index in [0.717, 1.165) is 17.2 Å². The summed E-state index contributed by atoms with van der Waals surface area (Å²) in [5.41, 5.74) is 2.39. The SMILES string of the molecule is CCOc1cc(NC(C)c2cc(C)sc2C)ccc1OC.